The maximum Gasteiger partial charge on any atom is 0.223 e. The molecular formula is C13H22ClNO2. The van der Waals surface area contributed by atoms with Crippen molar-refractivity contribution in [2.24, 2.45) is 11.3 Å². The van der Waals surface area contributed by atoms with Crippen molar-refractivity contribution < 1.29 is 9.90 Å². The van der Waals surface area contributed by atoms with Crippen LogP contribution in [0.4, 0.5) is 0 Å². The molecule has 0 aromatic heterocycles. The highest BCUT2D eigenvalue weighted by Gasteiger charge is 2.47. The zero-order valence-electron chi connectivity index (χ0n) is 10.3. The van der Waals surface area contributed by atoms with Gasteiger partial charge < -0.3 is 10.0 Å². The minimum atomic E-state index is 0.154. The number of aliphatic hydroxyl groups excluding tert-OH is 1. The summed E-state index contributed by atoms with van der Waals surface area (Å²) in [6.45, 7) is 1.78. The Balaban J connectivity index is 2.04. The molecule has 0 bridgehead atoms. The number of carbonyl (C=O) groups is 1. The van der Waals surface area contributed by atoms with Crippen molar-refractivity contribution in [3.05, 3.63) is 0 Å². The van der Waals surface area contributed by atoms with Crippen LogP contribution in [0.2, 0.25) is 0 Å². The number of halogens is 1. The monoisotopic (exact) mass is 259 g/mol. The quantitative estimate of drug-likeness (QED) is 0.788. The largest absolute Gasteiger partial charge is 0.396 e. The van der Waals surface area contributed by atoms with Crippen LogP contribution in [0.1, 0.15) is 38.5 Å². The SMILES string of the molecule is O=C(CCCl)N1C[C@@H](CO)C2(CCCCC2)C1. The van der Waals surface area contributed by atoms with E-state index in [1.807, 2.05) is 4.90 Å². The van der Waals surface area contributed by atoms with E-state index in [0.717, 1.165) is 13.1 Å². The predicted octanol–water partition coefficient (Wildman–Crippen LogP) is 2.02. The molecule has 17 heavy (non-hydrogen) atoms. The highest BCUT2D eigenvalue weighted by atomic mass is 35.5. The van der Waals surface area contributed by atoms with Crippen LogP contribution in [0.3, 0.4) is 0 Å². The number of rotatable bonds is 3. The second-order valence-electron chi connectivity index (χ2n) is 5.52. The second-order valence-corrected chi connectivity index (χ2v) is 5.89. The van der Waals surface area contributed by atoms with Gasteiger partial charge in [-0.3, -0.25) is 4.79 Å². The van der Waals surface area contributed by atoms with Crippen molar-refractivity contribution in [2.45, 2.75) is 38.5 Å². The maximum atomic E-state index is 11.9. The molecule has 1 aliphatic carbocycles. The maximum absolute atomic E-state index is 11.9. The number of carbonyl (C=O) groups excluding carboxylic acids is 1. The Labute approximate surface area is 108 Å². The number of hydrogen-bond acceptors (Lipinski definition) is 2. The number of amides is 1. The highest BCUT2D eigenvalue weighted by molar-refractivity contribution is 6.18. The topological polar surface area (TPSA) is 40.5 Å². The average molecular weight is 260 g/mol. The molecule has 1 N–H and O–H groups in total. The first-order valence-corrected chi connectivity index (χ1v) is 7.20. The fourth-order valence-corrected chi connectivity index (χ4v) is 3.70. The molecule has 2 fully saturated rings. The lowest BCUT2D eigenvalue weighted by atomic mass is 9.68. The molecule has 1 atom stereocenters. The highest BCUT2D eigenvalue weighted by Crippen LogP contribution is 2.47. The van der Waals surface area contributed by atoms with Crippen LogP contribution < -0.4 is 0 Å². The first-order valence-electron chi connectivity index (χ1n) is 6.66. The Bertz CT molecular complexity index is 277. The Hall–Kier alpha value is -0.280. The van der Waals surface area contributed by atoms with Gasteiger partial charge in [0.15, 0.2) is 0 Å². The minimum absolute atomic E-state index is 0.154. The van der Waals surface area contributed by atoms with E-state index < -0.39 is 0 Å². The van der Waals surface area contributed by atoms with Crippen LogP contribution in [-0.4, -0.2) is 41.5 Å². The van der Waals surface area contributed by atoms with E-state index in [4.69, 9.17) is 11.6 Å². The lowest BCUT2D eigenvalue weighted by Crippen LogP contribution is -2.35. The van der Waals surface area contributed by atoms with Gasteiger partial charge in [0.05, 0.1) is 0 Å². The standard InChI is InChI=1S/C13H22ClNO2/c14-7-4-12(17)15-8-11(9-16)13(10-15)5-2-1-3-6-13/h11,16H,1-10H2/t11-/m0/s1. The van der Waals surface area contributed by atoms with E-state index >= 15 is 0 Å². The molecule has 2 rings (SSSR count). The first kappa shape index (κ1) is 13.2. The summed E-state index contributed by atoms with van der Waals surface area (Å²) in [5.41, 5.74) is 0.203. The summed E-state index contributed by atoms with van der Waals surface area (Å²) in [5.74, 6) is 0.828. The van der Waals surface area contributed by atoms with Gasteiger partial charge in [-0.15, -0.1) is 11.6 Å². The number of hydrogen-bond donors (Lipinski definition) is 1. The molecule has 98 valence electrons. The first-order chi connectivity index (χ1) is 8.22. The molecule has 0 unspecified atom stereocenters. The van der Waals surface area contributed by atoms with E-state index in [2.05, 4.69) is 0 Å². The molecule has 1 aliphatic heterocycles. The Morgan fingerprint density at radius 3 is 2.65 bits per heavy atom. The molecule has 2 aliphatic rings. The summed E-state index contributed by atoms with van der Waals surface area (Å²) in [4.78, 5) is 13.8. The predicted molar refractivity (Wildman–Crippen MR) is 68.0 cm³/mol. The molecule has 3 nitrogen and oxygen atoms in total. The van der Waals surface area contributed by atoms with Crippen LogP contribution in [0.5, 0.6) is 0 Å². The van der Waals surface area contributed by atoms with Crippen molar-refractivity contribution in [3.63, 3.8) is 0 Å². The molecule has 1 saturated heterocycles. The Morgan fingerprint density at radius 2 is 2.06 bits per heavy atom. The van der Waals surface area contributed by atoms with Gasteiger partial charge in [0.25, 0.3) is 0 Å². The second kappa shape index (κ2) is 5.57. The molecule has 0 aromatic rings. The van der Waals surface area contributed by atoms with Crippen molar-refractivity contribution in [1.82, 2.24) is 4.90 Å². The van der Waals surface area contributed by atoms with Crippen molar-refractivity contribution in [1.29, 1.82) is 0 Å². The third-order valence-electron chi connectivity index (χ3n) is 4.54. The van der Waals surface area contributed by atoms with E-state index in [9.17, 15) is 9.90 Å². The minimum Gasteiger partial charge on any atom is -0.396 e. The molecule has 0 aromatic carbocycles. The molecule has 1 amide bonds. The van der Waals surface area contributed by atoms with Crippen LogP contribution in [0.25, 0.3) is 0 Å². The number of nitrogens with zero attached hydrogens (tertiary/aromatic N) is 1. The number of aliphatic hydroxyl groups is 1. The molecule has 1 saturated carbocycles. The van der Waals surface area contributed by atoms with Gasteiger partial charge in [0.2, 0.25) is 5.91 Å². The zero-order valence-corrected chi connectivity index (χ0v) is 11.1. The summed E-state index contributed by atoms with van der Waals surface area (Å²) >= 11 is 5.63. The van der Waals surface area contributed by atoms with E-state index in [1.54, 1.807) is 0 Å². The molecule has 1 heterocycles. The van der Waals surface area contributed by atoms with Crippen LogP contribution in [0.15, 0.2) is 0 Å². The van der Waals surface area contributed by atoms with E-state index in [1.165, 1.54) is 32.1 Å². The van der Waals surface area contributed by atoms with Gasteiger partial charge >= 0.3 is 0 Å². The van der Waals surface area contributed by atoms with Gasteiger partial charge in [-0.05, 0) is 18.3 Å². The fraction of sp³-hybridized carbons (Fsp3) is 0.923. The number of likely N-dealkylation sites (tertiary alicyclic amines) is 1. The Morgan fingerprint density at radius 1 is 1.35 bits per heavy atom. The van der Waals surface area contributed by atoms with Crippen LogP contribution >= 0.6 is 11.6 Å². The molecular weight excluding hydrogens is 238 g/mol. The van der Waals surface area contributed by atoms with E-state index in [-0.39, 0.29) is 23.8 Å². The van der Waals surface area contributed by atoms with E-state index in [0.29, 0.717) is 12.3 Å². The fourth-order valence-electron chi connectivity index (χ4n) is 3.54. The van der Waals surface area contributed by atoms with Crippen molar-refractivity contribution in [2.75, 3.05) is 25.6 Å². The third-order valence-corrected chi connectivity index (χ3v) is 4.73. The zero-order chi connectivity index (χ0) is 12.3. The molecule has 4 heteroatoms. The van der Waals surface area contributed by atoms with Crippen molar-refractivity contribution >= 4 is 17.5 Å². The smallest absolute Gasteiger partial charge is 0.223 e. The Kier molecular flexibility index (Phi) is 4.31. The van der Waals surface area contributed by atoms with Gasteiger partial charge in [-0.1, -0.05) is 19.3 Å². The average Bonchev–Trinajstić information content (AvgIpc) is 2.69. The van der Waals surface area contributed by atoms with Gasteiger partial charge in [0.1, 0.15) is 0 Å². The number of alkyl halides is 1. The normalized spacial score (nSPS) is 27.6. The summed E-state index contributed by atoms with van der Waals surface area (Å²) in [7, 11) is 0. The van der Waals surface area contributed by atoms with Crippen molar-refractivity contribution in [3.8, 4) is 0 Å². The molecule has 0 radical (unpaired) electrons. The summed E-state index contributed by atoms with van der Waals surface area (Å²) in [5, 5.41) is 9.55. The van der Waals surface area contributed by atoms with Crippen LogP contribution in [0, 0.1) is 11.3 Å². The van der Waals surface area contributed by atoms with Gasteiger partial charge in [0, 0.05) is 37.9 Å². The summed E-state index contributed by atoms with van der Waals surface area (Å²) < 4.78 is 0. The summed E-state index contributed by atoms with van der Waals surface area (Å²) in [6, 6.07) is 0. The molecule has 1 spiro atoms. The third kappa shape index (κ3) is 2.60. The lowest BCUT2D eigenvalue weighted by molar-refractivity contribution is -0.130. The van der Waals surface area contributed by atoms with Gasteiger partial charge in [-0.25, -0.2) is 0 Å². The van der Waals surface area contributed by atoms with Gasteiger partial charge in [-0.2, -0.15) is 0 Å². The lowest BCUT2D eigenvalue weighted by Gasteiger charge is -2.37. The summed E-state index contributed by atoms with van der Waals surface area (Å²) in [6.07, 6.45) is 6.55. The van der Waals surface area contributed by atoms with Crippen LogP contribution in [-0.2, 0) is 4.79 Å².